The summed E-state index contributed by atoms with van der Waals surface area (Å²) >= 11 is 3.37. The second-order valence-corrected chi connectivity index (χ2v) is 10.3. The summed E-state index contributed by atoms with van der Waals surface area (Å²) in [6.45, 7) is 4.16. The molecular formula is C21H31NO3S2. The van der Waals surface area contributed by atoms with Crippen molar-refractivity contribution in [2.45, 2.75) is 88.6 Å². The Morgan fingerprint density at radius 1 is 1.15 bits per heavy atom. The minimum absolute atomic E-state index is 0.00697. The van der Waals surface area contributed by atoms with Crippen LogP contribution in [0.2, 0.25) is 0 Å². The van der Waals surface area contributed by atoms with E-state index in [0.717, 1.165) is 31.2 Å². The summed E-state index contributed by atoms with van der Waals surface area (Å²) in [7, 11) is 0. The SMILES string of the molecule is CCOC(=O)c1c(NC(=O)C(C)SC2CCCCC2)sc2c1CCCCC2. The molecular weight excluding hydrogens is 378 g/mol. The Hall–Kier alpha value is -1.01. The summed E-state index contributed by atoms with van der Waals surface area (Å²) in [5.41, 5.74) is 1.72. The maximum atomic E-state index is 12.8. The number of amides is 1. The topological polar surface area (TPSA) is 55.4 Å². The van der Waals surface area contributed by atoms with Crippen molar-refractivity contribution < 1.29 is 14.3 Å². The van der Waals surface area contributed by atoms with Crippen molar-refractivity contribution in [2.75, 3.05) is 11.9 Å². The van der Waals surface area contributed by atoms with E-state index >= 15 is 0 Å². The average molecular weight is 410 g/mol. The number of nitrogens with one attached hydrogen (secondary N) is 1. The number of hydrogen-bond acceptors (Lipinski definition) is 5. The van der Waals surface area contributed by atoms with Crippen LogP contribution in [0, 0.1) is 0 Å². The molecule has 150 valence electrons. The lowest BCUT2D eigenvalue weighted by Gasteiger charge is -2.23. The monoisotopic (exact) mass is 409 g/mol. The van der Waals surface area contributed by atoms with E-state index in [1.54, 1.807) is 23.1 Å². The fraction of sp³-hybridized carbons (Fsp3) is 0.714. The van der Waals surface area contributed by atoms with Gasteiger partial charge in [0.1, 0.15) is 5.00 Å². The van der Waals surface area contributed by atoms with Crippen LogP contribution in [-0.2, 0) is 22.4 Å². The number of carbonyl (C=O) groups is 2. The Bertz CT molecular complexity index is 665. The highest BCUT2D eigenvalue weighted by molar-refractivity contribution is 8.01. The van der Waals surface area contributed by atoms with Crippen molar-refractivity contribution in [3.63, 3.8) is 0 Å². The van der Waals surface area contributed by atoms with Gasteiger partial charge in [-0.3, -0.25) is 4.79 Å². The van der Waals surface area contributed by atoms with Gasteiger partial charge < -0.3 is 10.1 Å². The van der Waals surface area contributed by atoms with Gasteiger partial charge in [-0.25, -0.2) is 4.79 Å². The third kappa shape index (κ3) is 5.29. The minimum Gasteiger partial charge on any atom is -0.462 e. The van der Waals surface area contributed by atoms with E-state index in [2.05, 4.69) is 5.32 Å². The predicted octanol–water partition coefficient (Wildman–Crippen LogP) is 5.59. The summed E-state index contributed by atoms with van der Waals surface area (Å²) in [6.07, 6.45) is 11.6. The Labute approximate surface area is 170 Å². The third-order valence-electron chi connectivity index (χ3n) is 5.46. The van der Waals surface area contributed by atoms with Gasteiger partial charge in [0, 0.05) is 10.1 Å². The molecule has 0 aromatic carbocycles. The molecule has 0 aliphatic heterocycles. The van der Waals surface area contributed by atoms with Crippen molar-refractivity contribution in [3.8, 4) is 0 Å². The first-order valence-electron chi connectivity index (χ1n) is 10.4. The zero-order valence-electron chi connectivity index (χ0n) is 16.5. The number of esters is 1. The fourth-order valence-corrected chi connectivity index (χ4v) is 6.66. The molecule has 1 amide bonds. The Morgan fingerprint density at radius 3 is 2.59 bits per heavy atom. The molecule has 1 heterocycles. The molecule has 2 aliphatic carbocycles. The highest BCUT2D eigenvalue weighted by atomic mass is 32.2. The lowest BCUT2D eigenvalue weighted by atomic mass is 10.0. The summed E-state index contributed by atoms with van der Waals surface area (Å²) in [5.74, 6) is -0.285. The highest BCUT2D eigenvalue weighted by Gasteiger charge is 2.28. The van der Waals surface area contributed by atoms with Crippen molar-refractivity contribution in [1.82, 2.24) is 0 Å². The minimum atomic E-state index is -0.292. The zero-order chi connectivity index (χ0) is 19.2. The molecule has 0 bridgehead atoms. The molecule has 1 aromatic rings. The van der Waals surface area contributed by atoms with Gasteiger partial charge in [-0.05, 0) is 57.9 Å². The van der Waals surface area contributed by atoms with Crippen LogP contribution < -0.4 is 5.32 Å². The van der Waals surface area contributed by atoms with E-state index in [9.17, 15) is 9.59 Å². The molecule has 0 spiro atoms. The van der Waals surface area contributed by atoms with Crippen LogP contribution in [0.4, 0.5) is 5.00 Å². The number of anilines is 1. The van der Waals surface area contributed by atoms with Gasteiger partial charge in [-0.2, -0.15) is 0 Å². The molecule has 6 heteroatoms. The van der Waals surface area contributed by atoms with Gasteiger partial charge in [-0.1, -0.05) is 25.7 Å². The first-order chi connectivity index (χ1) is 13.1. The summed E-state index contributed by atoms with van der Waals surface area (Å²) in [5, 5.41) is 4.25. The summed E-state index contributed by atoms with van der Waals surface area (Å²) < 4.78 is 5.31. The number of carbonyl (C=O) groups excluding carboxylic acids is 2. The van der Waals surface area contributed by atoms with Gasteiger partial charge in [0.15, 0.2) is 0 Å². The van der Waals surface area contributed by atoms with Crippen LogP contribution >= 0.6 is 23.1 Å². The Morgan fingerprint density at radius 2 is 1.85 bits per heavy atom. The summed E-state index contributed by atoms with van der Waals surface area (Å²) in [6, 6.07) is 0. The van der Waals surface area contributed by atoms with Gasteiger partial charge in [0.05, 0.1) is 17.4 Å². The summed E-state index contributed by atoms with van der Waals surface area (Å²) in [4.78, 5) is 26.7. The first kappa shape index (κ1) is 20.7. The van der Waals surface area contributed by atoms with Crippen LogP contribution in [0.25, 0.3) is 0 Å². The molecule has 27 heavy (non-hydrogen) atoms. The molecule has 3 rings (SSSR count). The van der Waals surface area contributed by atoms with Crippen LogP contribution in [0.1, 0.15) is 86.0 Å². The van der Waals surface area contributed by atoms with Crippen molar-refractivity contribution in [2.24, 2.45) is 0 Å². The van der Waals surface area contributed by atoms with E-state index in [1.165, 1.54) is 43.4 Å². The number of ether oxygens (including phenoxy) is 1. The molecule has 0 saturated heterocycles. The van der Waals surface area contributed by atoms with E-state index in [0.29, 0.717) is 22.4 Å². The highest BCUT2D eigenvalue weighted by Crippen LogP contribution is 2.39. The predicted molar refractivity (Wildman–Crippen MR) is 114 cm³/mol. The lowest BCUT2D eigenvalue weighted by Crippen LogP contribution is -2.26. The average Bonchev–Trinajstić information content (AvgIpc) is 2.83. The molecule has 1 atom stereocenters. The van der Waals surface area contributed by atoms with Crippen molar-refractivity contribution in [1.29, 1.82) is 0 Å². The van der Waals surface area contributed by atoms with Crippen LogP contribution in [0.15, 0.2) is 0 Å². The second-order valence-electron chi connectivity index (χ2n) is 7.52. The lowest BCUT2D eigenvalue weighted by molar-refractivity contribution is -0.115. The molecule has 1 N–H and O–H groups in total. The molecule has 1 saturated carbocycles. The molecule has 1 fully saturated rings. The number of aryl methyl sites for hydroxylation is 1. The van der Waals surface area contributed by atoms with E-state index in [4.69, 9.17) is 4.74 Å². The molecule has 1 unspecified atom stereocenters. The third-order valence-corrected chi connectivity index (χ3v) is 8.14. The largest absolute Gasteiger partial charge is 0.462 e. The smallest absolute Gasteiger partial charge is 0.341 e. The van der Waals surface area contributed by atoms with Crippen LogP contribution in [-0.4, -0.2) is 29.0 Å². The number of thiophene rings is 1. The zero-order valence-corrected chi connectivity index (χ0v) is 18.1. The first-order valence-corrected chi connectivity index (χ1v) is 12.1. The van der Waals surface area contributed by atoms with Gasteiger partial charge >= 0.3 is 5.97 Å². The molecule has 0 radical (unpaired) electrons. The molecule has 1 aromatic heterocycles. The van der Waals surface area contributed by atoms with Gasteiger partial charge in [0.25, 0.3) is 0 Å². The molecule has 4 nitrogen and oxygen atoms in total. The van der Waals surface area contributed by atoms with Crippen LogP contribution in [0.5, 0.6) is 0 Å². The maximum absolute atomic E-state index is 12.8. The number of thioether (sulfide) groups is 1. The van der Waals surface area contributed by atoms with Crippen molar-refractivity contribution in [3.05, 3.63) is 16.0 Å². The standard InChI is InChI=1S/C21H31NO3S2/c1-3-25-21(24)18-16-12-8-5-9-13-17(16)27-20(18)22-19(23)14(2)26-15-10-6-4-7-11-15/h14-15H,3-13H2,1-2H3,(H,22,23). The number of hydrogen-bond donors (Lipinski definition) is 1. The Kier molecular flexibility index (Phi) is 7.65. The van der Waals surface area contributed by atoms with E-state index < -0.39 is 0 Å². The Balaban J connectivity index is 1.74. The normalized spacial score (nSPS) is 19.0. The van der Waals surface area contributed by atoms with Gasteiger partial charge in [0.2, 0.25) is 5.91 Å². The fourth-order valence-electron chi connectivity index (χ4n) is 4.02. The van der Waals surface area contributed by atoms with Gasteiger partial charge in [-0.15, -0.1) is 23.1 Å². The quantitative estimate of drug-likeness (QED) is 0.492. The number of fused-ring (bicyclic) bond motifs is 1. The van der Waals surface area contributed by atoms with Crippen LogP contribution in [0.3, 0.4) is 0 Å². The van der Waals surface area contributed by atoms with E-state index in [1.807, 2.05) is 13.8 Å². The molecule has 2 aliphatic rings. The number of rotatable bonds is 6. The second kappa shape index (κ2) is 9.97. The maximum Gasteiger partial charge on any atom is 0.341 e. The van der Waals surface area contributed by atoms with E-state index in [-0.39, 0.29) is 17.1 Å². The van der Waals surface area contributed by atoms with Crippen molar-refractivity contribution >= 4 is 40.0 Å².